The number of hydrogen-bond acceptors (Lipinski definition) is 3. The molecule has 1 aliphatic heterocycles. The van der Waals surface area contributed by atoms with Gasteiger partial charge in [-0.2, -0.15) is 0 Å². The van der Waals surface area contributed by atoms with Gasteiger partial charge in [0.1, 0.15) is 0 Å². The fourth-order valence-electron chi connectivity index (χ4n) is 1.80. The zero-order valence-corrected chi connectivity index (χ0v) is 11.2. The third-order valence-corrected chi connectivity index (χ3v) is 3.25. The van der Waals surface area contributed by atoms with Crippen LogP contribution in [-0.4, -0.2) is 68.3 Å². The molecule has 5 heteroatoms. The fourth-order valence-corrected chi connectivity index (χ4v) is 1.80. The summed E-state index contributed by atoms with van der Waals surface area (Å²) in [6.45, 7) is 9.34. The molecule has 0 aromatic rings. The van der Waals surface area contributed by atoms with Gasteiger partial charge in [0, 0.05) is 45.9 Å². The number of amides is 2. The lowest BCUT2D eigenvalue weighted by Gasteiger charge is -2.35. The van der Waals surface area contributed by atoms with E-state index >= 15 is 0 Å². The van der Waals surface area contributed by atoms with E-state index in [2.05, 4.69) is 17.1 Å². The summed E-state index contributed by atoms with van der Waals surface area (Å²) in [7, 11) is 1.72. The summed E-state index contributed by atoms with van der Waals surface area (Å²) in [6.07, 6.45) is 0.972. The first-order valence-electron chi connectivity index (χ1n) is 6.44. The van der Waals surface area contributed by atoms with E-state index in [1.807, 2.05) is 11.8 Å². The number of nitrogens with zero attached hydrogens (tertiary/aromatic N) is 2. The largest absolute Gasteiger partial charge is 0.383 e. The van der Waals surface area contributed by atoms with Crippen LogP contribution in [0.15, 0.2) is 0 Å². The number of piperazine rings is 1. The molecule has 0 saturated carbocycles. The van der Waals surface area contributed by atoms with E-state index < -0.39 is 0 Å². The van der Waals surface area contributed by atoms with Gasteiger partial charge in [-0.05, 0) is 13.3 Å². The number of carbonyl (C=O) groups excluding carboxylic acids is 1. The number of hydrogen-bond donors (Lipinski definition) is 1. The first-order chi connectivity index (χ1) is 8.17. The summed E-state index contributed by atoms with van der Waals surface area (Å²) >= 11 is 0. The monoisotopic (exact) mass is 243 g/mol. The van der Waals surface area contributed by atoms with Crippen LogP contribution in [0.1, 0.15) is 20.3 Å². The van der Waals surface area contributed by atoms with Crippen LogP contribution in [0, 0.1) is 0 Å². The van der Waals surface area contributed by atoms with Crippen molar-refractivity contribution in [1.82, 2.24) is 15.1 Å². The van der Waals surface area contributed by atoms with Crippen LogP contribution in [0.25, 0.3) is 0 Å². The van der Waals surface area contributed by atoms with Crippen LogP contribution in [-0.2, 0) is 4.74 Å². The maximum Gasteiger partial charge on any atom is 0.317 e. The van der Waals surface area contributed by atoms with E-state index in [0.29, 0.717) is 0 Å². The maximum absolute atomic E-state index is 11.9. The molecule has 5 nitrogen and oxygen atoms in total. The number of urea groups is 1. The summed E-state index contributed by atoms with van der Waals surface area (Å²) in [6, 6.07) is 0.333. The van der Waals surface area contributed by atoms with Gasteiger partial charge in [-0.15, -0.1) is 0 Å². The van der Waals surface area contributed by atoms with Crippen molar-refractivity contribution < 1.29 is 9.53 Å². The second-order valence-electron chi connectivity index (χ2n) is 4.58. The summed E-state index contributed by atoms with van der Waals surface area (Å²) in [5, 5.41) is 3.00. The SMILES string of the molecule is CCC(C)NC(=O)N1CCN(CCOC)CC1. The Balaban J connectivity index is 2.24. The van der Waals surface area contributed by atoms with E-state index in [4.69, 9.17) is 4.74 Å². The van der Waals surface area contributed by atoms with Crippen molar-refractivity contribution in [3.8, 4) is 0 Å². The number of nitrogens with one attached hydrogen (secondary N) is 1. The average molecular weight is 243 g/mol. The quantitative estimate of drug-likeness (QED) is 0.775. The van der Waals surface area contributed by atoms with Gasteiger partial charge in [-0.3, -0.25) is 4.90 Å². The van der Waals surface area contributed by atoms with Crippen LogP contribution in [0.4, 0.5) is 4.79 Å². The summed E-state index contributed by atoms with van der Waals surface area (Å²) in [5.74, 6) is 0. The molecule has 1 aliphatic rings. The second-order valence-corrected chi connectivity index (χ2v) is 4.58. The zero-order valence-electron chi connectivity index (χ0n) is 11.2. The number of rotatable bonds is 5. The van der Waals surface area contributed by atoms with Gasteiger partial charge in [0.15, 0.2) is 0 Å². The van der Waals surface area contributed by atoms with E-state index in [1.165, 1.54) is 0 Å². The molecule has 0 aliphatic carbocycles. The van der Waals surface area contributed by atoms with Crippen molar-refractivity contribution in [2.75, 3.05) is 46.4 Å². The van der Waals surface area contributed by atoms with Crippen LogP contribution >= 0.6 is 0 Å². The van der Waals surface area contributed by atoms with E-state index in [-0.39, 0.29) is 12.1 Å². The molecule has 1 unspecified atom stereocenters. The van der Waals surface area contributed by atoms with Crippen molar-refractivity contribution >= 4 is 6.03 Å². The second kappa shape index (κ2) is 7.50. The fraction of sp³-hybridized carbons (Fsp3) is 0.917. The third kappa shape index (κ3) is 4.91. The molecule has 17 heavy (non-hydrogen) atoms. The predicted molar refractivity (Wildman–Crippen MR) is 68.2 cm³/mol. The van der Waals surface area contributed by atoms with E-state index in [9.17, 15) is 4.79 Å². The van der Waals surface area contributed by atoms with Crippen LogP contribution < -0.4 is 5.32 Å². The molecule has 1 atom stereocenters. The van der Waals surface area contributed by atoms with Crippen LogP contribution in [0.5, 0.6) is 0 Å². The molecule has 0 aromatic carbocycles. The highest BCUT2D eigenvalue weighted by Gasteiger charge is 2.21. The Labute approximate surface area is 104 Å². The maximum atomic E-state index is 11.9. The smallest absolute Gasteiger partial charge is 0.317 e. The molecule has 0 radical (unpaired) electrons. The summed E-state index contributed by atoms with van der Waals surface area (Å²) in [5.41, 5.74) is 0. The van der Waals surface area contributed by atoms with Crippen molar-refractivity contribution in [1.29, 1.82) is 0 Å². The summed E-state index contributed by atoms with van der Waals surface area (Å²) < 4.78 is 5.05. The minimum absolute atomic E-state index is 0.0748. The van der Waals surface area contributed by atoms with Gasteiger partial charge in [-0.25, -0.2) is 4.79 Å². The molecule has 1 fully saturated rings. The van der Waals surface area contributed by atoms with Gasteiger partial charge < -0.3 is 15.0 Å². The topological polar surface area (TPSA) is 44.8 Å². The normalized spacial score (nSPS) is 19.1. The highest BCUT2D eigenvalue weighted by Crippen LogP contribution is 2.02. The molecule has 1 saturated heterocycles. The zero-order chi connectivity index (χ0) is 12.7. The van der Waals surface area contributed by atoms with Crippen LogP contribution in [0.2, 0.25) is 0 Å². The Kier molecular flexibility index (Phi) is 6.29. The first kappa shape index (κ1) is 14.3. The van der Waals surface area contributed by atoms with Crippen molar-refractivity contribution in [3.05, 3.63) is 0 Å². The first-order valence-corrected chi connectivity index (χ1v) is 6.44. The van der Waals surface area contributed by atoms with E-state index in [0.717, 1.165) is 45.8 Å². The minimum atomic E-state index is 0.0748. The Morgan fingerprint density at radius 2 is 2.00 bits per heavy atom. The molecule has 1 N–H and O–H groups in total. The number of ether oxygens (including phenoxy) is 1. The predicted octanol–water partition coefficient (Wildman–Crippen LogP) is 0.759. The van der Waals surface area contributed by atoms with Crippen molar-refractivity contribution in [2.45, 2.75) is 26.3 Å². The Morgan fingerprint density at radius 1 is 1.35 bits per heavy atom. The molecule has 0 bridgehead atoms. The van der Waals surface area contributed by atoms with Gasteiger partial charge >= 0.3 is 6.03 Å². The standard InChI is InChI=1S/C12H25N3O2/c1-4-11(2)13-12(16)15-7-5-14(6-8-15)9-10-17-3/h11H,4-10H2,1-3H3,(H,13,16). The Hall–Kier alpha value is -0.810. The highest BCUT2D eigenvalue weighted by atomic mass is 16.5. The molecule has 0 spiro atoms. The van der Waals surface area contributed by atoms with Gasteiger partial charge in [0.25, 0.3) is 0 Å². The lowest BCUT2D eigenvalue weighted by molar-refractivity contribution is 0.105. The lowest BCUT2D eigenvalue weighted by Crippen LogP contribution is -2.53. The molecule has 1 rings (SSSR count). The molecule has 2 amide bonds. The average Bonchev–Trinajstić information content (AvgIpc) is 2.36. The Bertz CT molecular complexity index is 228. The van der Waals surface area contributed by atoms with Gasteiger partial charge in [0.2, 0.25) is 0 Å². The minimum Gasteiger partial charge on any atom is -0.383 e. The molecular weight excluding hydrogens is 218 g/mol. The summed E-state index contributed by atoms with van der Waals surface area (Å²) in [4.78, 5) is 16.1. The van der Waals surface area contributed by atoms with E-state index in [1.54, 1.807) is 7.11 Å². The van der Waals surface area contributed by atoms with Gasteiger partial charge in [0.05, 0.1) is 6.61 Å². The van der Waals surface area contributed by atoms with Crippen LogP contribution in [0.3, 0.4) is 0 Å². The number of methoxy groups -OCH3 is 1. The molecule has 1 heterocycles. The molecular formula is C12H25N3O2. The highest BCUT2D eigenvalue weighted by molar-refractivity contribution is 5.74. The lowest BCUT2D eigenvalue weighted by atomic mass is 10.2. The number of carbonyl (C=O) groups is 1. The van der Waals surface area contributed by atoms with Gasteiger partial charge in [-0.1, -0.05) is 6.92 Å². The Morgan fingerprint density at radius 3 is 2.53 bits per heavy atom. The molecule has 0 aromatic heterocycles. The third-order valence-electron chi connectivity index (χ3n) is 3.25. The van der Waals surface area contributed by atoms with Crippen molar-refractivity contribution in [3.63, 3.8) is 0 Å². The van der Waals surface area contributed by atoms with Crippen molar-refractivity contribution in [2.24, 2.45) is 0 Å². The molecule has 100 valence electrons.